The van der Waals surface area contributed by atoms with Gasteiger partial charge in [-0.1, -0.05) is 11.6 Å². The third kappa shape index (κ3) is 5.18. The lowest BCUT2D eigenvalue weighted by Crippen LogP contribution is -2.48. The van der Waals surface area contributed by atoms with Gasteiger partial charge in [-0.25, -0.2) is 0 Å². The summed E-state index contributed by atoms with van der Waals surface area (Å²) in [7, 11) is 0. The summed E-state index contributed by atoms with van der Waals surface area (Å²) in [4.78, 5) is 18.2. The normalized spacial score (nSPS) is 20.8. The Morgan fingerprint density at radius 2 is 1.96 bits per heavy atom. The van der Waals surface area contributed by atoms with Gasteiger partial charge in [0, 0.05) is 44.0 Å². The number of piperidine rings is 1. The summed E-state index contributed by atoms with van der Waals surface area (Å²) >= 11 is 7.64. The number of piperazine rings is 1. The quantitative estimate of drug-likeness (QED) is 0.882. The molecule has 2 aliphatic heterocycles. The summed E-state index contributed by atoms with van der Waals surface area (Å²) < 4.78 is 0.853. The lowest BCUT2D eigenvalue weighted by atomic mass is 9.93. The van der Waals surface area contributed by atoms with E-state index in [1.165, 1.54) is 17.7 Å². The van der Waals surface area contributed by atoms with Gasteiger partial charge in [-0.15, -0.1) is 11.3 Å². The van der Waals surface area contributed by atoms with Crippen molar-refractivity contribution in [1.82, 2.24) is 15.1 Å². The SMILES string of the molecule is O=C(CCC1CCNCC1)N1CCN(Cc2ccc(Cl)s2)CC1. The van der Waals surface area contributed by atoms with Crippen molar-refractivity contribution in [3.63, 3.8) is 0 Å². The number of halogens is 1. The maximum atomic E-state index is 12.4. The summed E-state index contributed by atoms with van der Waals surface area (Å²) in [6.45, 7) is 6.85. The lowest BCUT2D eigenvalue weighted by molar-refractivity contribution is -0.133. The number of thiophene rings is 1. The fraction of sp³-hybridized carbons (Fsp3) is 0.706. The van der Waals surface area contributed by atoms with Crippen LogP contribution in [-0.2, 0) is 11.3 Å². The van der Waals surface area contributed by atoms with E-state index >= 15 is 0 Å². The van der Waals surface area contributed by atoms with Crippen molar-refractivity contribution in [3.8, 4) is 0 Å². The maximum Gasteiger partial charge on any atom is 0.222 e. The number of carbonyl (C=O) groups is 1. The van der Waals surface area contributed by atoms with E-state index < -0.39 is 0 Å². The molecule has 2 saturated heterocycles. The predicted molar refractivity (Wildman–Crippen MR) is 96.0 cm³/mol. The van der Waals surface area contributed by atoms with Crippen LogP contribution in [0.25, 0.3) is 0 Å². The molecule has 3 rings (SSSR count). The molecule has 6 heteroatoms. The molecule has 0 radical (unpaired) electrons. The Hall–Kier alpha value is -0.620. The molecule has 23 heavy (non-hydrogen) atoms. The minimum absolute atomic E-state index is 0.349. The van der Waals surface area contributed by atoms with Crippen LogP contribution in [0.3, 0.4) is 0 Å². The Balaban J connectivity index is 1.37. The second kappa shape index (κ2) is 8.47. The van der Waals surface area contributed by atoms with Crippen molar-refractivity contribution in [2.24, 2.45) is 5.92 Å². The third-order valence-corrected chi connectivity index (χ3v) is 6.17. The van der Waals surface area contributed by atoms with Crippen molar-refractivity contribution in [2.75, 3.05) is 39.3 Å². The van der Waals surface area contributed by atoms with Gasteiger partial charge in [-0.05, 0) is 50.4 Å². The van der Waals surface area contributed by atoms with Crippen molar-refractivity contribution >= 4 is 28.8 Å². The highest BCUT2D eigenvalue weighted by atomic mass is 35.5. The highest BCUT2D eigenvalue weighted by Gasteiger charge is 2.22. The van der Waals surface area contributed by atoms with Gasteiger partial charge in [0.1, 0.15) is 0 Å². The van der Waals surface area contributed by atoms with E-state index in [2.05, 4.69) is 21.2 Å². The van der Waals surface area contributed by atoms with Gasteiger partial charge in [0.25, 0.3) is 0 Å². The molecule has 0 bridgehead atoms. The fourth-order valence-corrected chi connectivity index (χ4v) is 4.60. The molecule has 1 aromatic heterocycles. The molecule has 1 N–H and O–H groups in total. The Labute approximate surface area is 147 Å². The summed E-state index contributed by atoms with van der Waals surface area (Å²) in [5, 5.41) is 3.38. The number of nitrogens with zero attached hydrogens (tertiary/aromatic N) is 2. The molecule has 0 saturated carbocycles. The van der Waals surface area contributed by atoms with E-state index in [-0.39, 0.29) is 0 Å². The second-order valence-corrected chi connectivity index (χ2v) is 8.39. The minimum Gasteiger partial charge on any atom is -0.340 e. The Morgan fingerprint density at radius 1 is 1.22 bits per heavy atom. The van der Waals surface area contributed by atoms with Crippen molar-refractivity contribution < 1.29 is 4.79 Å². The number of hydrogen-bond acceptors (Lipinski definition) is 4. The van der Waals surface area contributed by atoms with Crippen LogP contribution in [0.4, 0.5) is 0 Å². The zero-order chi connectivity index (χ0) is 16.1. The number of carbonyl (C=O) groups excluding carboxylic acids is 1. The molecule has 0 spiro atoms. The third-order valence-electron chi connectivity index (χ3n) is 4.96. The van der Waals surface area contributed by atoms with E-state index in [9.17, 15) is 4.79 Å². The molecule has 128 valence electrons. The van der Waals surface area contributed by atoms with E-state index in [4.69, 9.17) is 11.6 Å². The standard InChI is InChI=1S/C17H26ClN3OS/c18-16-3-2-15(23-16)13-20-9-11-21(12-10-20)17(22)4-1-14-5-7-19-8-6-14/h2-3,14,19H,1,4-13H2. The van der Waals surface area contributed by atoms with Crippen molar-refractivity contribution in [2.45, 2.75) is 32.2 Å². The van der Waals surface area contributed by atoms with Crippen LogP contribution in [0.5, 0.6) is 0 Å². The molecule has 0 aromatic carbocycles. The van der Waals surface area contributed by atoms with Gasteiger partial charge in [0.2, 0.25) is 5.91 Å². The minimum atomic E-state index is 0.349. The van der Waals surface area contributed by atoms with Crippen LogP contribution in [0.15, 0.2) is 12.1 Å². The number of amides is 1. The van der Waals surface area contributed by atoms with Crippen molar-refractivity contribution in [3.05, 3.63) is 21.3 Å². The van der Waals surface area contributed by atoms with Gasteiger partial charge < -0.3 is 10.2 Å². The average Bonchev–Trinajstić information content (AvgIpc) is 2.99. The fourth-order valence-electron chi connectivity index (χ4n) is 3.47. The van der Waals surface area contributed by atoms with Crippen LogP contribution >= 0.6 is 22.9 Å². The van der Waals surface area contributed by atoms with Crippen LogP contribution in [0.2, 0.25) is 4.34 Å². The van der Waals surface area contributed by atoms with Gasteiger partial charge in [0.05, 0.1) is 4.34 Å². The molecule has 4 nitrogen and oxygen atoms in total. The molecule has 2 aliphatic rings. The van der Waals surface area contributed by atoms with Crippen LogP contribution in [0, 0.1) is 5.92 Å². The Bertz CT molecular complexity index is 508. The van der Waals surface area contributed by atoms with Gasteiger partial charge in [-0.2, -0.15) is 0 Å². The number of hydrogen-bond donors (Lipinski definition) is 1. The summed E-state index contributed by atoms with van der Waals surface area (Å²) in [5.74, 6) is 1.09. The van der Waals surface area contributed by atoms with Gasteiger partial charge in [0.15, 0.2) is 0 Å². The predicted octanol–water partition coefficient (Wildman–Crippen LogP) is 2.83. The van der Waals surface area contributed by atoms with Crippen LogP contribution in [0.1, 0.15) is 30.6 Å². The van der Waals surface area contributed by atoms with Gasteiger partial charge >= 0.3 is 0 Å². The summed E-state index contributed by atoms with van der Waals surface area (Å²) in [5.41, 5.74) is 0. The molecule has 2 fully saturated rings. The smallest absolute Gasteiger partial charge is 0.222 e. The molecular formula is C17H26ClN3OS. The molecular weight excluding hydrogens is 330 g/mol. The average molecular weight is 356 g/mol. The summed E-state index contributed by atoms with van der Waals surface area (Å²) in [6.07, 6.45) is 4.24. The van der Waals surface area contributed by atoms with E-state index in [0.717, 1.165) is 68.9 Å². The zero-order valence-electron chi connectivity index (χ0n) is 13.6. The first-order chi connectivity index (χ1) is 11.2. The molecule has 0 aliphatic carbocycles. The van der Waals surface area contributed by atoms with E-state index in [0.29, 0.717) is 5.91 Å². The Morgan fingerprint density at radius 3 is 2.61 bits per heavy atom. The number of rotatable bonds is 5. The largest absolute Gasteiger partial charge is 0.340 e. The lowest BCUT2D eigenvalue weighted by Gasteiger charge is -2.35. The van der Waals surface area contributed by atoms with Crippen LogP contribution < -0.4 is 5.32 Å². The number of nitrogens with one attached hydrogen (secondary N) is 1. The first-order valence-corrected chi connectivity index (χ1v) is 9.85. The zero-order valence-corrected chi connectivity index (χ0v) is 15.2. The highest BCUT2D eigenvalue weighted by molar-refractivity contribution is 7.16. The maximum absolute atomic E-state index is 12.4. The summed E-state index contributed by atoms with van der Waals surface area (Å²) in [6, 6.07) is 4.06. The highest BCUT2D eigenvalue weighted by Crippen LogP contribution is 2.23. The monoisotopic (exact) mass is 355 g/mol. The molecule has 0 unspecified atom stereocenters. The first-order valence-electron chi connectivity index (χ1n) is 8.66. The van der Waals surface area contributed by atoms with E-state index in [1.807, 2.05) is 6.07 Å². The van der Waals surface area contributed by atoms with E-state index in [1.54, 1.807) is 11.3 Å². The van der Waals surface area contributed by atoms with Crippen LogP contribution in [-0.4, -0.2) is 55.0 Å². The molecule has 3 heterocycles. The van der Waals surface area contributed by atoms with Crippen molar-refractivity contribution in [1.29, 1.82) is 0 Å². The molecule has 0 atom stereocenters. The van der Waals surface area contributed by atoms with Gasteiger partial charge in [-0.3, -0.25) is 9.69 Å². The first kappa shape index (κ1) is 17.2. The second-order valence-electron chi connectivity index (χ2n) is 6.59. The Kier molecular flexibility index (Phi) is 6.34. The molecule has 1 aromatic rings. The topological polar surface area (TPSA) is 35.6 Å². The molecule has 1 amide bonds.